The summed E-state index contributed by atoms with van der Waals surface area (Å²) in [5, 5.41) is 0. The molecule has 0 unspecified atom stereocenters. The van der Waals surface area contributed by atoms with Crippen LogP contribution in [-0.2, 0) is 0 Å². The Hall–Kier alpha value is -1.89. The number of likely N-dealkylation sites (tertiary alicyclic amines) is 1. The zero-order chi connectivity index (χ0) is 17.9. The fourth-order valence-corrected chi connectivity index (χ4v) is 5.26. The molecule has 3 rings (SSSR count). The fraction of sp³-hybridized carbons (Fsp3) is 0.261. The number of benzene rings is 2. The van der Waals surface area contributed by atoms with E-state index in [-0.39, 0.29) is 11.3 Å². The molecule has 1 heterocycles. The van der Waals surface area contributed by atoms with Crippen LogP contribution < -0.4 is 0 Å². The van der Waals surface area contributed by atoms with Gasteiger partial charge in [0.1, 0.15) is 0 Å². The van der Waals surface area contributed by atoms with Crippen molar-refractivity contribution >= 4 is 20.1 Å². The molecule has 1 aliphatic heterocycles. The van der Waals surface area contributed by atoms with E-state index in [4.69, 9.17) is 0 Å². The van der Waals surface area contributed by atoms with Crippen LogP contribution in [0.4, 0.5) is 0 Å². The predicted octanol–water partition coefficient (Wildman–Crippen LogP) is 4.55. The molecule has 0 N–H and O–H groups in total. The summed E-state index contributed by atoms with van der Waals surface area (Å²) in [6.45, 7) is 9.30. The Labute approximate surface area is 159 Å². The molecule has 2 heteroatoms. The Morgan fingerprint density at radius 3 is 2.28 bits per heavy atom. The number of nitrogens with zero attached hydrogens (tertiary/aromatic N) is 1. The second-order valence-electron chi connectivity index (χ2n) is 6.81. The van der Waals surface area contributed by atoms with Gasteiger partial charge >= 0.3 is 159 Å². The van der Waals surface area contributed by atoms with Gasteiger partial charge in [0.05, 0.1) is 0 Å². The van der Waals surface area contributed by atoms with Crippen molar-refractivity contribution in [3.05, 3.63) is 97.1 Å². The summed E-state index contributed by atoms with van der Waals surface area (Å²) < 4.78 is 1.30. The molecule has 0 saturated carbocycles. The molecule has 1 nitrogen and oxygen atoms in total. The van der Waals surface area contributed by atoms with E-state index in [1.807, 2.05) is 0 Å². The molecule has 0 bridgehead atoms. The zero-order valence-corrected chi connectivity index (χ0v) is 16.5. The van der Waals surface area contributed by atoms with Crippen molar-refractivity contribution < 1.29 is 0 Å². The van der Waals surface area contributed by atoms with Crippen LogP contribution in [0.25, 0.3) is 0 Å². The summed E-state index contributed by atoms with van der Waals surface area (Å²) in [4.78, 5) is 2.36. The van der Waals surface area contributed by atoms with E-state index in [0.717, 1.165) is 13.0 Å². The van der Waals surface area contributed by atoms with Gasteiger partial charge in [-0.05, 0) is 0 Å². The maximum absolute atomic E-state index is 4.22. The average Bonchev–Trinajstić information content (AvgIpc) is 2.90. The Kier molecular flexibility index (Phi) is 5.42. The van der Waals surface area contributed by atoms with Crippen LogP contribution in [0.2, 0.25) is 0 Å². The summed E-state index contributed by atoms with van der Waals surface area (Å²) in [5.41, 5.74) is 2.61. The summed E-state index contributed by atoms with van der Waals surface area (Å²) in [6, 6.07) is 21.6. The van der Waals surface area contributed by atoms with E-state index in [1.165, 1.54) is 15.7 Å². The Morgan fingerprint density at radius 1 is 1.12 bits per heavy atom. The third-order valence-electron chi connectivity index (χ3n) is 5.46. The summed E-state index contributed by atoms with van der Waals surface area (Å²) in [5.74, 6) is 0.606. The van der Waals surface area contributed by atoms with Gasteiger partial charge in [0.2, 0.25) is 0 Å². The SMILES string of the molecule is C=CC[C@]1([C@@H](C=C)c2ccccc2)C(=[Se])N(C)C[C@@H]1c1ccccc1. The fourth-order valence-electron chi connectivity index (χ4n) is 4.36. The molecule has 0 amide bonds. The van der Waals surface area contributed by atoms with Crippen LogP contribution >= 0.6 is 0 Å². The third-order valence-corrected chi connectivity index (χ3v) is 6.91. The zero-order valence-electron chi connectivity index (χ0n) is 14.8. The van der Waals surface area contributed by atoms with E-state index in [2.05, 4.69) is 113 Å². The molecule has 3 atom stereocenters. The van der Waals surface area contributed by atoms with Gasteiger partial charge in [-0.1, -0.05) is 0 Å². The van der Waals surface area contributed by atoms with Crippen LogP contribution in [-0.4, -0.2) is 38.6 Å². The van der Waals surface area contributed by atoms with Gasteiger partial charge in [0.15, 0.2) is 0 Å². The first-order chi connectivity index (χ1) is 12.1. The van der Waals surface area contributed by atoms with Crippen LogP contribution in [0, 0.1) is 5.41 Å². The quantitative estimate of drug-likeness (QED) is 0.513. The van der Waals surface area contributed by atoms with Crippen LogP contribution in [0.5, 0.6) is 0 Å². The normalized spacial score (nSPS) is 24.1. The summed E-state index contributed by atoms with van der Waals surface area (Å²) in [6.07, 6.45) is 5.09. The second kappa shape index (κ2) is 7.56. The van der Waals surface area contributed by atoms with Gasteiger partial charge in [-0.25, -0.2) is 0 Å². The van der Waals surface area contributed by atoms with Crippen LogP contribution in [0.3, 0.4) is 0 Å². The van der Waals surface area contributed by atoms with Gasteiger partial charge in [-0.3, -0.25) is 0 Å². The second-order valence-corrected chi connectivity index (χ2v) is 7.62. The van der Waals surface area contributed by atoms with Crippen molar-refractivity contribution in [2.24, 2.45) is 5.41 Å². The van der Waals surface area contributed by atoms with Crippen molar-refractivity contribution in [2.75, 3.05) is 13.6 Å². The first-order valence-electron chi connectivity index (χ1n) is 8.74. The topological polar surface area (TPSA) is 3.24 Å². The average molecular weight is 394 g/mol. The molecule has 0 aromatic heterocycles. The molecule has 2 aromatic rings. The Balaban J connectivity index is 2.19. The van der Waals surface area contributed by atoms with Gasteiger partial charge < -0.3 is 0 Å². The standard InChI is InChI=1S/C23H25NSe/c1-4-16-23(20(5-2)18-12-8-6-9-13-18)21(17-24(3)22(23)25)19-14-10-7-11-15-19/h4-15,20-21H,1-2,16-17H2,3H3/t20-,21+,23+/m0/s1. The van der Waals surface area contributed by atoms with E-state index in [9.17, 15) is 0 Å². The Morgan fingerprint density at radius 2 is 1.72 bits per heavy atom. The molecule has 1 saturated heterocycles. The van der Waals surface area contributed by atoms with E-state index in [0.29, 0.717) is 5.92 Å². The molecular weight excluding hydrogens is 369 g/mol. The molecule has 25 heavy (non-hydrogen) atoms. The van der Waals surface area contributed by atoms with E-state index in [1.54, 1.807) is 0 Å². The summed E-state index contributed by atoms with van der Waals surface area (Å²) in [7, 11) is 2.18. The molecular formula is C23H25NSe. The minimum absolute atomic E-state index is 0.0824. The van der Waals surface area contributed by atoms with E-state index >= 15 is 0 Å². The monoisotopic (exact) mass is 395 g/mol. The van der Waals surface area contributed by atoms with Crippen molar-refractivity contribution in [3.63, 3.8) is 0 Å². The number of likely N-dealkylation sites (N-methyl/N-ethyl adjacent to an activating group) is 1. The Bertz CT molecular complexity index is 752. The van der Waals surface area contributed by atoms with Gasteiger partial charge in [-0.15, -0.1) is 0 Å². The number of hydrogen-bond acceptors (Lipinski definition) is 1. The third kappa shape index (κ3) is 3.05. The molecule has 1 aliphatic rings. The van der Waals surface area contributed by atoms with Crippen LogP contribution in [0.15, 0.2) is 86.0 Å². The molecule has 0 aliphatic carbocycles. The van der Waals surface area contributed by atoms with Crippen molar-refractivity contribution in [2.45, 2.75) is 18.3 Å². The van der Waals surface area contributed by atoms with Crippen LogP contribution in [0.1, 0.15) is 29.4 Å². The van der Waals surface area contributed by atoms with Gasteiger partial charge in [0, 0.05) is 0 Å². The van der Waals surface area contributed by atoms with Crippen molar-refractivity contribution in [3.8, 4) is 0 Å². The first kappa shape index (κ1) is 17.9. The molecule has 2 aromatic carbocycles. The maximum atomic E-state index is 4.22. The first-order valence-corrected chi connectivity index (χ1v) is 9.59. The molecule has 0 spiro atoms. The van der Waals surface area contributed by atoms with Gasteiger partial charge in [0.25, 0.3) is 0 Å². The molecule has 1 fully saturated rings. The molecule has 128 valence electrons. The summed E-state index contributed by atoms with van der Waals surface area (Å²) >= 11 is 3.40. The number of allylic oxidation sites excluding steroid dienone is 2. The van der Waals surface area contributed by atoms with Crippen molar-refractivity contribution in [1.82, 2.24) is 4.90 Å². The van der Waals surface area contributed by atoms with Crippen molar-refractivity contribution in [1.29, 1.82) is 0 Å². The molecule has 0 radical (unpaired) electrons. The number of hydrogen-bond donors (Lipinski definition) is 0. The van der Waals surface area contributed by atoms with Gasteiger partial charge in [-0.2, -0.15) is 0 Å². The predicted molar refractivity (Wildman–Crippen MR) is 109 cm³/mol. The minimum atomic E-state index is -0.0824. The number of rotatable bonds is 6. The van der Waals surface area contributed by atoms with E-state index < -0.39 is 0 Å².